The first kappa shape index (κ1) is 32.2. The Labute approximate surface area is 252 Å². The summed E-state index contributed by atoms with van der Waals surface area (Å²) in [5.74, 6) is -1.01. The zero-order chi connectivity index (χ0) is 31.1. The Kier molecular flexibility index (Phi) is 10.9. The zero-order valence-corrected chi connectivity index (χ0v) is 25.7. The maximum absolute atomic E-state index is 13.9. The van der Waals surface area contributed by atoms with E-state index < -0.39 is 24.4 Å². The lowest BCUT2D eigenvalue weighted by Gasteiger charge is -2.29. The van der Waals surface area contributed by atoms with Crippen LogP contribution in [0, 0.1) is 5.92 Å². The van der Waals surface area contributed by atoms with E-state index in [0.29, 0.717) is 19.0 Å². The van der Waals surface area contributed by atoms with Crippen molar-refractivity contribution in [2.45, 2.75) is 71.4 Å². The number of aliphatic hydroxyl groups is 1. The largest absolute Gasteiger partial charge is 0.470 e. The molecule has 12 heteroatoms. The highest BCUT2D eigenvalue weighted by Gasteiger charge is 2.43. The van der Waals surface area contributed by atoms with Gasteiger partial charge in [-0.25, -0.2) is 0 Å². The highest BCUT2D eigenvalue weighted by Crippen LogP contribution is 2.33. The van der Waals surface area contributed by atoms with E-state index in [1.165, 1.54) is 4.90 Å². The predicted molar refractivity (Wildman–Crippen MR) is 158 cm³/mol. The number of nitrogens with zero attached hydrogens (tertiary/aromatic N) is 4. The molecule has 0 aliphatic carbocycles. The van der Waals surface area contributed by atoms with Gasteiger partial charge in [0.1, 0.15) is 18.6 Å². The molecule has 1 saturated heterocycles. The van der Waals surface area contributed by atoms with Crippen LogP contribution in [0.4, 0.5) is 0 Å². The number of benzene rings is 1. The number of likely N-dealkylation sites (tertiary alicyclic amines) is 1. The second-order valence-electron chi connectivity index (χ2n) is 11.0. The Bertz CT molecular complexity index is 1330. The van der Waals surface area contributed by atoms with Gasteiger partial charge in [0.05, 0.1) is 17.8 Å². The van der Waals surface area contributed by atoms with Crippen LogP contribution in [-0.4, -0.2) is 81.6 Å². The molecule has 1 aromatic carbocycles. The molecule has 2 unspecified atom stereocenters. The number of aromatic nitrogens is 3. The molecule has 2 N–H and O–H groups in total. The lowest BCUT2D eigenvalue weighted by Crippen LogP contribution is -2.48. The van der Waals surface area contributed by atoms with Crippen molar-refractivity contribution >= 4 is 11.8 Å². The molecule has 0 spiro atoms. The molecule has 0 bridgehead atoms. The molecule has 234 valence electrons. The average Bonchev–Trinajstić information content (AvgIpc) is 3.72. The molecular formula is C31H43N5O7. The maximum Gasteiger partial charge on any atom is 0.254 e. The van der Waals surface area contributed by atoms with Crippen LogP contribution in [0.5, 0.6) is 5.88 Å². The fourth-order valence-corrected chi connectivity index (χ4v) is 5.37. The molecule has 2 amide bonds. The van der Waals surface area contributed by atoms with Crippen LogP contribution >= 0.6 is 0 Å². The number of hydrogen-bond acceptors (Lipinski definition) is 9. The molecular weight excluding hydrogens is 554 g/mol. The number of aryl methyl sites for hydroxylation is 1. The van der Waals surface area contributed by atoms with Crippen LogP contribution in [0.25, 0.3) is 11.3 Å². The third kappa shape index (κ3) is 7.81. The Morgan fingerprint density at radius 2 is 1.81 bits per heavy atom. The summed E-state index contributed by atoms with van der Waals surface area (Å²) >= 11 is 0. The number of β-amino-alcohol motifs (C(OH)–C–C–N with tert-alkyl or cyclic N) is 1. The quantitative estimate of drug-likeness (QED) is 0.267. The Hall–Kier alpha value is -3.74. The van der Waals surface area contributed by atoms with Gasteiger partial charge in [0.15, 0.2) is 12.1 Å². The van der Waals surface area contributed by atoms with Crippen LogP contribution in [0.1, 0.15) is 64.3 Å². The molecule has 4 atom stereocenters. The minimum Gasteiger partial charge on any atom is -0.470 e. The van der Waals surface area contributed by atoms with Crippen LogP contribution in [0.3, 0.4) is 0 Å². The second kappa shape index (κ2) is 14.6. The first-order valence-corrected chi connectivity index (χ1v) is 14.8. The summed E-state index contributed by atoms with van der Waals surface area (Å²) in [6, 6.07) is 10.3. The average molecular weight is 598 g/mol. The van der Waals surface area contributed by atoms with E-state index in [2.05, 4.69) is 15.6 Å². The monoisotopic (exact) mass is 597 g/mol. The molecule has 1 aliphatic heterocycles. The molecule has 3 heterocycles. The number of carbonyl (C=O) groups is 2. The normalized spacial score (nSPS) is 18.3. The van der Waals surface area contributed by atoms with Gasteiger partial charge >= 0.3 is 0 Å². The lowest BCUT2D eigenvalue weighted by molar-refractivity contribution is -0.153. The number of rotatable bonds is 14. The standard InChI is InChI=1S/C31H43N5O7/c1-7-40-28(41-8-2)18-42-27-16-26(43-34-27)29(19(3)4)31(39)36-17-23(37)15-25(36)30(38)33-20(5)21-9-11-22(12-10-21)24-13-14-32-35(24)6/h9-14,16,19-20,23,25,28-29,37H,7-8,15,17-18H2,1-6H3,(H,33,38)/t20?,23-,25+,29?/m1/s1. The number of ether oxygens (including phenoxy) is 3. The zero-order valence-electron chi connectivity index (χ0n) is 25.7. The number of amides is 2. The number of carbonyl (C=O) groups excluding carboxylic acids is 2. The summed E-state index contributed by atoms with van der Waals surface area (Å²) in [5.41, 5.74) is 2.92. The number of hydrogen-bond donors (Lipinski definition) is 2. The Morgan fingerprint density at radius 3 is 2.42 bits per heavy atom. The smallest absolute Gasteiger partial charge is 0.254 e. The van der Waals surface area contributed by atoms with E-state index in [-0.39, 0.29) is 49.2 Å². The van der Waals surface area contributed by atoms with Crippen molar-refractivity contribution in [3.8, 4) is 17.1 Å². The van der Waals surface area contributed by atoms with E-state index in [4.69, 9.17) is 18.7 Å². The van der Waals surface area contributed by atoms with Gasteiger partial charge in [-0.2, -0.15) is 5.10 Å². The van der Waals surface area contributed by atoms with E-state index in [1.54, 1.807) is 16.9 Å². The fourth-order valence-electron chi connectivity index (χ4n) is 5.37. The maximum atomic E-state index is 13.9. The number of aliphatic hydroxyl groups excluding tert-OH is 1. The van der Waals surface area contributed by atoms with E-state index in [1.807, 2.05) is 72.0 Å². The topological polar surface area (TPSA) is 141 Å². The van der Waals surface area contributed by atoms with Gasteiger partial charge in [0.2, 0.25) is 11.8 Å². The molecule has 43 heavy (non-hydrogen) atoms. The van der Waals surface area contributed by atoms with Gasteiger partial charge in [-0.05, 0) is 49.0 Å². The van der Waals surface area contributed by atoms with E-state index in [9.17, 15) is 14.7 Å². The molecule has 2 aromatic heterocycles. The summed E-state index contributed by atoms with van der Waals surface area (Å²) < 4.78 is 24.0. The third-order valence-electron chi connectivity index (χ3n) is 7.57. The van der Waals surface area contributed by atoms with E-state index >= 15 is 0 Å². The lowest BCUT2D eigenvalue weighted by atomic mass is 9.91. The fraction of sp³-hybridized carbons (Fsp3) is 0.548. The third-order valence-corrected chi connectivity index (χ3v) is 7.57. The second-order valence-corrected chi connectivity index (χ2v) is 11.0. The van der Waals surface area contributed by atoms with Gasteiger partial charge in [-0.15, -0.1) is 0 Å². The summed E-state index contributed by atoms with van der Waals surface area (Å²) in [6.45, 7) is 10.5. The van der Waals surface area contributed by atoms with Gasteiger partial charge in [0, 0.05) is 45.5 Å². The first-order valence-electron chi connectivity index (χ1n) is 14.8. The first-order chi connectivity index (χ1) is 20.6. The molecule has 3 aromatic rings. The van der Waals surface area contributed by atoms with Crippen LogP contribution in [-0.2, 0) is 26.1 Å². The Morgan fingerprint density at radius 1 is 1.12 bits per heavy atom. The predicted octanol–water partition coefficient (Wildman–Crippen LogP) is 3.43. The molecule has 12 nitrogen and oxygen atoms in total. The summed E-state index contributed by atoms with van der Waals surface area (Å²) in [5, 5.41) is 21.7. The highest BCUT2D eigenvalue weighted by atomic mass is 16.7. The van der Waals surface area contributed by atoms with Crippen LogP contribution in [0.2, 0.25) is 0 Å². The van der Waals surface area contributed by atoms with Crippen molar-refractivity contribution in [3.05, 3.63) is 53.9 Å². The Balaban J connectivity index is 1.43. The van der Waals surface area contributed by atoms with E-state index in [0.717, 1.165) is 16.8 Å². The van der Waals surface area contributed by atoms with Gasteiger partial charge in [-0.1, -0.05) is 38.1 Å². The SMILES string of the molecule is CCOC(COc1cc(C(C(=O)N2C[C@H](O)C[C@H]2C(=O)NC(C)c2ccc(-c3ccnn3C)cc2)C(C)C)on1)OCC. The number of nitrogens with one attached hydrogen (secondary N) is 1. The van der Waals surface area contributed by atoms with Gasteiger partial charge in [-0.3, -0.25) is 14.3 Å². The molecule has 1 aliphatic rings. The summed E-state index contributed by atoms with van der Waals surface area (Å²) in [4.78, 5) is 28.8. The minimum absolute atomic E-state index is 0.0514. The van der Waals surface area contributed by atoms with Gasteiger partial charge in [0.25, 0.3) is 5.88 Å². The van der Waals surface area contributed by atoms with Crippen molar-refractivity contribution in [2.24, 2.45) is 13.0 Å². The summed E-state index contributed by atoms with van der Waals surface area (Å²) in [7, 11) is 1.89. The summed E-state index contributed by atoms with van der Waals surface area (Å²) in [6.07, 6.45) is 0.527. The van der Waals surface area contributed by atoms with Crippen molar-refractivity contribution in [1.29, 1.82) is 0 Å². The van der Waals surface area contributed by atoms with Crippen LogP contribution in [0.15, 0.2) is 47.1 Å². The van der Waals surface area contributed by atoms with Crippen LogP contribution < -0.4 is 10.1 Å². The van der Waals surface area contributed by atoms with Crippen molar-refractivity contribution in [2.75, 3.05) is 26.4 Å². The molecule has 1 fully saturated rings. The van der Waals surface area contributed by atoms with Crippen molar-refractivity contribution in [1.82, 2.24) is 25.2 Å². The van der Waals surface area contributed by atoms with Gasteiger partial charge < -0.3 is 34.1 Å². The molecule has 0 radical (unpaired) electrons. The van der Waals surface area contributed by atoms with Crippen molar-refractivity contribution < 1.29 is 33.4 Å². The molecule has 0 saturated carbocycles. The minimum atomic E-state index is -0.822. The van der Waals surface area contributed by atoms with Crippen molar-refractivity contribution in [3.63, 3.8) is 0 Å². The highest BCUT2D eigenvalue weighted by molar-refractivity contribution is 5.91. The molecule has 4 rings (SSSR count).